The maximum atomic E-state index is 11.7. The number of nitrogens with one attached hydrogen (secondary N) is 2. The van der Waals surface area contributed by atoms with Gasteiger partial charge < -0.3 is 16.4 Å². The van der Waals surface area contributed by atoms with E-state index in [1.807, 2.05) is 0 Å². The van der Waals surface area contributed by atoms with Gasteiger partial charge in [-0.1, -0.05) is 27.7 Å². The van der Waals surface area contributed by atoms with Crippen LogP contribution in [-0.4, -0.2) is 23.9 Å². The third kappa shape index (κ3) is 3.13. The molecule has 0 saturated carbocycles. The minimum atomic E-state index is -0.203. The van der Waals surface area contributed by atoms with Crippen molar-refractivity contribution in [3.05, 3.63) is 5.56 Å². The number of aromatic nitrogens is 1. The zero-order valence-electron chi connectivity index (χ0n) is 11.6. The lowest BCUT2D eigenvalue weighted by Gasteiger charge is -2.29. The van der Waals surface area contributed by atoms with Gasteiger partial charge in [0.25, 0.3) is 5.91 Å². The van der Waals surface area contributed by atoms with Crippen molar-refractivity contribution in [3.8, 4) is 0 Å². The molecular weight excluding hydrogens is 248 g/mol. The predicted octanol–water partition coefficient (Wildman–Crippen LogP) is 2.18. The summed E-state index contributed by atoms with van der Waals surface area (Å²) in [5.41, 5.74) is 6.30. The molecule has 0 spiro atoms. The molecule has 0 radical (unpaired) electrons. The summed E-state index contributed by atoms with van der Waals surface area (Å²) in [5, 5.41) is 6.60. The van der Waals surface area contributed by atoms with E-state index in [2.05, 4.69) is 42.7 Å². The molecule has 0 atom stereocenters. The Morgan fingerprint density at radius 1 is 1.50 bits per heavy atom. The Morgan fingerprint density at radius 2 is 2.11 bits per heavy atom. The molecule has 0 aromatic carbocycles. The summed E-state index contributed by atoms with van der Waals surface area (Å²) in [6.45, 7) is 9.52. The van der Waals surface area contributed by atoms with E-state index in [0.29, 0.717) is 11.5 Å². The Hall–Kier alpha value is -1.30. The third-order valence-corrected chi connectivity index (χ3v) is 4.26. The Balaban J connectivity index is 2.83. The first-order valence-corrected chi connectivity index (χ1v) is 6.78. The summed E-state index contributed by atoms with van der Waals surface area (Å²) < 4.78 is 4.03. The van der Waals surface area contributed by atoms with E-state index in [0.717, 1.165) is 11.5 Å². The highest BCUT2D eigenvalue weighted by molar-refractivity contribution is 7.11. The fourth-order valence-corrected chi connectivity index (χ4v) is 1.99. The lowest BCUT2D eigenvalue weighted by molar-refractivity contribution is 0.0965. The van der Waals surface area contributed by atoms with Crippen molar-refractivity contribution in [1.82, 2.24) is 9.69 Å². The monoisotopic (exact) mass is 270 g/mol. The standard InChI is InChI=1S/C12H22N4OS/c1-7(2)12(3,4)6-15-11-8(10(17)14-5)9(13)16-18-11/h7,15H,6H2,1-5H3,(H2,13,16)(H,14,17). The molecule has 4 N–H and O–H groups in total. The first-order chi connectivity index (χ1) is 8.29. The number of nitrogens with zero attached hydrogens (tertiary/aromatic N) is 1. The summed E-state index contributed by atoms with van der Waals surface area (Å²) in [6, 6.07) is 0. The van der Waals surface area contributed by atoms with E-state index in [9.17, 15) is 4.79 Å². The number of nitrogen functional groups attached to an aromatic ring is 1. The van der Waals surface area contributed by atoms with Crippen LogP contribution in [0.5, 0.6) is 0 Å². The lowest BCUT2D eigenvalue weighted by Crippen LogP contribution is -2.29. The van der Waals surface area contributed by atoms with E-state index in [-0.39, 0.29) is 17.1 Å². The van der Waals surface area contributed by atoms with Crippen LogP contribution in [0.1, 0.15) is 38.1 Å². The number of carbonyl (C=O) groups excluding carboxylic acids is 1. The second-order valence-corrected chi connectivity index (χ2v) is 6.12. The van der Waals surface area contributed by atoms with Gasteiger partial charge in [0.2, 0.25) is 0 Å². The fraction of sp³-hybridized carbons (Fsp3) is 0.667. The zero-order chi connectivity index (χ0) is 13.9. The molecule has 0 aliphatic carbocycles. The van der Waals surface area contributed by atoms with Gasteiger partial charge in [-0.2, -0.15) is 4.37 Å². The Labute approximate surface area is 112 Å². The van der Waals surface area contributed by atoms with E-state index < -0.39 is 0 Å². The van der Waals surface area contributed by atoms with Crippen molar-refractivity contribution < 1.29 is 4.79 Å². The number of nitrogens with two attached hydrogens (primary N) is 1. The van der Waals surface area contributed by atoms with Crippen LogP contribution in [0, 0.1) is 11.3 Å². The van der Waals surface area contributed by atoms with Gasteiger partial charge in [-0.3, -0.25) is 4.79 Å². The van der Waals surface area contributed by atoms with Crippen molar-refractivity contribution in [2.45, 2.75) is 27.7 Å². The third-order valence-electron chi connectivity index (χ3n) is 3.44. The molecule has 1 aromatic rings. The predicted molar refractivity (Wildman–Crippen MR) is 77.0 cm³/mol. The quantitative estimate of drug-likeness (QED) is 0.766. The highest BCUT2D eigenvalue weighted by Gasteiger charge is 2.24. The number of carbonyl (C=O) groups is 1. The molecule has 1 rings (SSSR count). The molecule has 0 bridgehead atoms. The highest BCUT2D eigenvalue weighted by Crippen LogP contribution is 2.30. The van der Waals surface area contributed by atoms with Gasteiger partial charge in [0.1, 0.15) is 10.6 Å². The molecule has 0 aliphatic rings. The van der Waals surface area contributed by atoms with Crippen molar-refractivity contribution >= 4 is 28.3 Å². The molecule has 18 heavy (non-hydrogen) atoms. The van der Waals surface area contributed by atoms with Gasteiger partial charge in [0.05, 0.1) is 0 Å². The van der Waals surface area contributed by atoms with Crippen molar-refractivity contribution in [1.29, 1.82) is 0 Å². The van der Waals surface area contributed by atoms with E-state index in [1.54, 1.807) is 7.05 Å². The number of hydrogen-bond donors (Lipinski definition) is 3. The first-order valence-electron chi connectivity index (χ1n) is 6.00. The van der Waals surface area contributed by atoms with Crippen LogP contribution >= 0.6 is 11.5 Å². The van der Waals surface area contributed by atoms with E-state index in [1.165, 1.54) is 11.5 Å². The summed E-state index contributed by atoms with van der Waals surface area (Å²) in [6.07, 6.45) is 0. The van der Waals surface area contributed by atoms with Crippen LogP contribution in [-0.2, 0) is 0 Å². The van der Waals surface area contributed by atoms with Crippen LogP contribution in [0.15, 0.2) is 0 Å². The average Bonchev–Trinajstić information content (AvgIpc) is 2.67. The maximum Gasteiger partial charge on any atom is 0.257 e. The van der Waals surface area contributed by atoms with Crippen molar-refractivity contribution in [3.63, 3.8) is 0 Å². The van der Waals surface area contributed by atoms with Crippen molar-refractivity contribution in [2.24, 2.45) is 11.3 Å². The molecule has 6 heteroatoms. The number of hydrogen-bond acceptors (Lipinski definition) is 5. The van der Waals surface area contributed by atoms with Gasteiger partial charge >= 0.3 is 0 Å². The Morgan fingerprint density at radius 3 is 2.61 bits per heavy atom. The van der Waals surface area contributed by atoms with Crippen LogP contribution in [0.3, 0.4) is 0 Å². The molecule has 0 unspecified atom stereocenters. The molecule has 1 heterocycles. The van der Waals surface area contributed by atoms with Crippen LogP contribution in [0.4, 0.5) is 10.8 Å². The fourth-order valence-electron chi connectivity index (χ4n) is 1.28. The van der Waals surface area contributed by atoms with Gasteiger partial charge in [-0.15, -0.1) is 0 Å². The molecule has 0 saturated heterocycles. The van der Waals surface area contributed by atoms with Gasteiger partial charge in [0, 0.05) is 13.6 Å². The largest absolute Gasteiger partial charge is 0.382 e. The minimum Gasteiger partial charge on any atom is -0.382 e. The first kappa shape index (κ1) is 14.8. The molecular formula is C12H22N4OS. The Bertz CT molecular complexity index is 426. The van der Waals surface area contributed by atoms with Crippen LogP contribution in [0.25, 0.3) is 0 Å². The van der Waals surface area contributed by atoms with Gasteiger partial charge in [0.15, 0.2) is 5.82 Å². The summed E-state index contributed by atoms with van der Waals surface area (Å²) in [5.74, 6) is 0.619. The second kappa shape index (κ2) is 5.56. The molecule has 1 amide bonds. The molecule has 5 nitrogen and oxygen atoms in total. The van der Waals surface area contributed by atoms with Gasteiger partial charge in [-0.05, 0) is 22.9 Å². The number of anilines is 2. The second-order valence-electron chi connectivity index (χ2n) is 5.35. The van der Waals surface area contributed by atoms with E-state index in [4.69, 9.17) is 5.73 Å². The topological polar surface area (TPSA) is 80.0 Å². The van der Waals surface area contributed by atoms with Crippen molar-refractivity contribution in [2.75, 3.05) is 24.6 Å². The van der Waals surface area contributed by atoms with Gasteiger partial charge in [-0.25, -0.2) is 0 Å². The molecule has 0 aliphatic heterocycles. The van der Waals surface area contributed by atoms with E-state index >= 15 is 0 Å². The highest BCUT2D eigenvalue weighted by atomic mass is 32.1. The smallest absolute Gasteiger partial charge is 0.257 e. The number of amides is 1. The molecule has 1 aromatic heterocycles. The summed E-state index contributed by atoms with van der Waals surface area (Å²) >= 11 is 1.23. The maximum absolute atomic E-state index is 11.7. The van der Waals surface area contributed by atoms with Crippen LogP contribution in [0.2, 0.25) is 0 Å². The summed E-state index contributed by atoms with van der Waals surface area (Å²) in [7, 11) is 1.58. The SMILES string of the molecule is CNC(=O)c1c(N)nsc1NCC(C)(C)C(C)C. The number of rotatable bonds is 5. The zero-order valence-corrected chi connectivity index (χ0v) is 12.4. The molecule has 0 fully saturated rings. The lowest BCUT2D eigenvalue weighted by atomic mass is 9.81. The van der Waals surface area contributed by atoms with Crippen LogP contribution < -0.4 is 16.4 Å². The Kier molecular flexibility index (Phi) is 4.56. The average molecular weight is 270 g/mol. The molecule has 102 valence electrons. The summed E-state index contributed by atoms with van der Waals surface area (Å²) in [4.78, 5) is 11.7. The normalized spacial score (nSPS) is 11.7. The minimum absolute atomic E-state index is 0.138.